The lowest BCUT2D eigenvalue weighted by atomic mass is 10.1. The van der Waals surface area contributed by atoms with Crippen LogP contribution in [0.4, 0.5) is 0 Å². The number of halogens is 1. The summed E-state index contributed by atoms with van der Waals surface area (Å²) in [5.74, 6) is 0.129. The van der Waals surface area contributed by atoms with Gasteiger partial charge in [-0.1, -0.05) is 55.8 Å². The number of nitrogens with one attached hydrogen (secondary N) is 1. The topological polar surface area (TPSA) is 58.6 Å². The minimum Gasteiger partial charge on any atom is -0.484 e. The maximum atomic E-state index is 13.2. The molecule has 2 aromatic carbocycles. The van der Waals surface area contributed by atoms with Crippen LogP contribution in [0, 0.1) is 6.92 Å². The van der Waals surface area contributed by atoms with Crippen LogP contribution >= 0.6 is 11.6 Å². The largest absolute Gasteiger partial charge is 0.484 e. The standard InChI is InChI=1S/C24H31ClN2O3/c1-5-18(4)26-24(29)22(6-2)27(15-19-11-8-7-10-17(19)3)23(28)16-30-21-13-9-12-20(25)14-21/h7-14,18,22H,5-6,15-16H2,1-4H3,(H,26,29)/t18-,22+/m1/s1. The van der Waals surface area contributed by atoms with Gasteiger partial charge in [-0.05, 0) is 56.0 Å². The number of rotatable bonds is 10. The van der Waals surface area contributed by atoms with Gasteiger partial charge in [0, 0.05) is 17.6 Å². The van der Waals surface area contributed by atoms with Crippen LogP contribution in [0.5, 0.6) is 5.75 Å². The molecule has 0 aliphatic rings. The summed E-state index contributed by atoms with van der Waals surface area (Å²) in [6.45, 7) is 8.06. The van der Waals surface area contributed by atoms with E-state index in [2.05, 4.69) is 5.32 Å². The van der Waals surface area contributed by atoms with E-state index in [1.807, 2.05) is 52.0 Å². The molecule has 2 aromatic rings. The predicted molar refractivity (Wildman–Crippen MR) is 121 cm³/mol. The van der Waals surface area contributed by atoms with Gasteiger partial charge in [-0.25, -0.2) is 0 Å². The first-order valence-corrected chi connectivity index (χ1v) is 10.8. The molecule has 5 nitrogen and oxygen atoms in total. The van der Waals surface area contributed by atoms with Gasteiger partial charge in [0.05, 0.1) is 0 Å². The minimum absolute atomic E-state index is 0.0460. The van der Waals surface area contributed by atoms with Crippen LogP contribution in [0.25, 0.3) is 0 Å². The van der Waals surface area contributed by atoms with Crippen molar-refractivity contribution >= 4 is 23.4 Å². The number of hydrogen-bond donors (Lipinski definition) is 1. The van der Waals surface area contributed by atoms with Crippen molar-refractivity contribution in [2.24, 2.45) is 0 Å². The van der Waals surface area contributed by atoms with Gasteiger partial charge < -0.3 is 15.0 Å². The van der Waals surface area contributed by atoms with Crippen molar-refractivity contribution in [3.63, 3.8) is 0 Å². The third-order valence-corrected chi connectivity index (χ3v) is 5.38. The lowest BCUT2D eigenvalue weighted by Gasteiger charge is -2.31. The highest BCUT2D eigenvalue weighted by atomic mass is 35.5. The van der Waals surface area contributed by atoms with Gasteiger partial charge in [-0.15, -0.1) is 0 Å². The summed E-state index contributed by atoms with van der Waals surface area (Å²) in [7, 11) is 0. The second kappa shape index (κ2) is 11.6. The normalized spacial score (nSPS) is 12.7. The average Bonchev–Trinajstić information content (AvgIpc) is 2.73. The maximum absolute atomic E-state index is 13.2. The van der Waals surface area contributed by atoms with E-state index in [9.17, 15) is 9.59 Å². The molecule has 2 rings (SSSR count). The van der Waals surface area contributed by atoms with Crippen molar-refractivity contribution in [1.29, 1.82) is 0 Å². The summed E-state index contributed by atoms with van der Waals surface area (Å²) in [6, 6.07) is 14.3. The Morgan fingerprint density at radius 3 is 2.47 bits per heavy atom. The molecule has 162 valence electrons. The van der Waals surface area contributed by atoms with Crippen LogP contribution in [0.3, 0.4) is 0 Å². The molecule has 1 N–H and O–H groups in total. The first-order valence-electron chi connectivity index (χ1n) is 10.4. The van der Waals surface area contributed by atoms with Gasteiger partial charge in [-0.3, -0.25) is 9.59 Å². The van der Waals surface area contributed by atoms with Crippen LogP contribution in [0.1, 0.15) is 44.7 Å². The van der Waals surface area contributed by atoms with Crippen molar-refractivity contribution in [2.75, 3.05) is 6.61 Å². The molecule has 30 heavy (non-hydrogen) atoms. The van der Waals surface area contributed by atoms with E-state index in [0.29, 0.717) is 23.7 Å². The molecule has 0 saturated carbocycles. The van der Waals surface area contributed by atoms with Crippen molar-refractivity contribution in [3.05, 3.63) is 64.7 Å². The molecule has 0 aliphatic carbocycles. The van der Waals surface area contributed by atoms with Crippen LogP contribution < -0.4 is 10.1 Å². The van der Waals surface area contributed by atoms with Gasteiger partial charge in [0.15, 0.2) is 6.61 Å². The van der Waals surface area contributed by atoms with Gasteiger partial charge in [0.2, 0.25) is 5.91 Å². The SMILES string of the molecule is CC[C@@H](C)NC(=O)[C@H](CC)N(Cc1ccccc1C)C(=O)COc1cccc(Cl)c1. The number of hydrogen-bond acceptors (Lipinski definition) is 3. The molecule has 0 spiro atoms. The number of benzene rings is 2. The first-order chi connectivity index (χ1) is 14.3. The van der Waals surface area contributed by atoms with Crippen molar-refractivity contribution in [1.82, 2.24) is 10.2 Å². The molecule has 0 aromatic heterocycles. The van der Waals surface area contributed by atoms with Crippen LogP contribution in [-0.2, 0) is 16.1 Å². The molecule has 0 fully saturated rings. The van der Waals surface area contributed by atoms with E-state index < -0.39 is 6.04 Å². The van der Waals surface area contributed by atoms with E-state index in [1.165, 1.54) is 0 Å². The monoisotopic (exact) mass is 430 g/mol. The molecule has 0 aliphatic heterocycles. The Hall–Kier alpha value is -2.53. The van der Waals surface area contributed by atoms with Crippen LogP contribution in [0.15, 0.2) is 48.5 Å². The molecule has 0 saturated heterocycles. The van der Waals surface area contributed by atoms with Crippen LogP contribution in [-0.4, -0.2) is 35.4 Å². The minimum atomic E-state index is -0.575. The third-order valence-electron chi connectivity index (χ3n) is 5.15. The zero-order valence-corrected chi connectivity index (χ0v) is 18.9. The third kappa shape index (κ3) is 6.77. The molecule has 2 amide bonds. The second-order valence-corrected chi connectivity index (χ2v) is 7.87. The Kier molecular flexibility index (Phi) is 9.18. The van der Waals surface area contributed by atoms with Crippen molar-refractivity contribution < 1.29 is 14.3 Å². The molecule has 0 radical (unpaired) electrons. The summed E-state index contributed by atoms with van der Waals surface area (Å²) in [5, 5.41) is 3.54. The molecule has 0 unspecified atom stereocenters. The molecule has 0 heterocycles. The van der Waals surface area contributed by atoms with Gasteiger partial charge in [-0.2, -0.15) is 0 Å². The highest BCUT2D eigenvalue weighted by Crippen LogP contribution is 2.19. The summed E-state index contributed by atoms with van der Waals surface area (Å²) < 4.78 is 5.67. The van der Waals surface area contributed by atoms with Crippen molar-refractivity contribution in [2.45, 2.75) is 59.2 Å². The molecule has 2 atom stereocenters. The average molecular weight is 431 g/mol. The summed E-state index contributed by atoms with van der Waals surface area (Å²) in [6.07, 6.45) is 1.34. The zero-order valence-electron chi connectivity index (χ0n) is 18.2. The summed E-state index contributed by atoms with van der Waals surface area (Å²) >= 11 is 6.00. The summed E-state index contributed by atoms with van der Waals surface area (Å²) in [4.78, 5) is 27.7. The molecular formula is C24H31ClN2O3. The number of nitrogens with zero attached hydrogens (tertiary/aromatic N) is 1. The number of ether oxygens (including phenoxy) is 1. The smallest absolute Gasteiger partial charge is 0.261 e. The Labute approximate surface area is 184 Å². The van der Waals surface area contributed by atoms with E-state index in [-0.39, 0.29) is 24.5 Å². The lowest BCUT2D eigenvalue weighted by Crippen LogP contribution is -2.51. The van der Waals surface area contributed by atoms with Gasteiger partial charge in [0.25, 0.3) is 5.91 Å². The molecule has 6 heteroatoms. The number of carbonyl (C=O) groups is 2. The first kappa shape index (κ1) is 23.7. The van der Waals surface area contributed by atoms with E-state index in [0.717, 1.165) is 17.5 Å². The molecule has 0 bridgehead atoms. The maximum Gasteiger partial charge on any atom is 0.261 e. The zero-order chi connectivity index (χ0) is 22.1. The number of carbonyl (C=O) groups excluding carboxylic acids is 2. The summed E-state index contributed by atoms with van der Waals surface area (Å²) in [5.41, 5.74) is 2.08. The highest BCUT2D eigenvalue weighted by Gasteiger charge is 2.29. The number of aryl methyl sites for hydroxylation is 1. The fraction of sp³-hybridized carbons (Fsp3) is 0.417. The van der Waals surface area contributed by atoms with E-state index >= 15 is 0 Å². The second-order valence-electron chi connectivity index (χ2n) is 7.44. The van der Waals surface area contributed by atoms with Gasteiger partial charge >= 0.3 is 0 Å². The number of amides is 2. The fourth-order valence-electron chi connectivity index (χ4n) is 3.12. The van der Waals surface area contributed by atoms with Gasteiger partial charge in [0.1, 0.15) is 11.8 Å². The van der Waals surface area contributed by atoms with Crippen molar-refractivity contribution in [3.8, 4) is 5.75 Å². The Bertz CT molecular complexity index is 856. The fourth-order valence-corrected chi connectivity index (χ4v) is 3.30. The lowest BCUT2D eigenvalue weighted by molar-refractivity contribution is -0.143. The van der Waals surface area contributed by atoms with Crippen LogP contribution in [0.2, 0.25) is 5.02 Å². The Morgan fingerprint density at radius 2 is 1.83 bits per heavy atom. The Balaban J connectivity index is 2.23. The van der Waals surface area contributed by atoms with E-state index in [1.54, 1.807) is 29.2 Å². The quantitative estimate of drug-likeness (QED) is 0.591. The predicted octanol–water partition coefficient (Wildman–Crippen LogP) is 4.75. The molecular weight excluding hydrogens is 400 g/mol. The van der Waals surface area contributed by atoms with E-state index in [4.69, 9.17) is 16.3 Å². The Morgan fingerprint density at radius 1 is 1.10 bits per heavy atom. The highest BCUT2D eigenvalue weighted by molar-refractivity contribution is 6.30.